The van der Waals surface area contributed by atoms with E-state index >= 15 is 0 Å². The lowest BCUT2D eigenvalue weighted by molar-refractivity contribution is 0.478. The van der Waals surface area contributed by atoms with Crippen LogP contribution in [-0.4, -0.2) is 9.67 Å². The summed E-state index contributed by atoms with van der Waals surface area (Å²) in [5.41, 5.74) is 6.68. The number of nitrogens with two attached hydrogens (primary N) is 1. The van der Waals surface area contributed by atoms with Crippen molar-refractivity contribution in [1.82, 2.24) is 4.57 Å². The second kappa shape index (κ2) is 3.40. The fourth-order valence-corrected chi connectivity index (χ4v) is 1.75. The van der Waals surface area contributed by atoms with Crippen molar-refractivity contribution in [2.75, 3.05) is 0 Å². The maximum absolute atomic E-state index is 11.6. The van der Waals surface area contributed by atoms with Crippen molar-refractivity contribution in [3.8, 4) is 5.75 Å². The highest BCUT2D eigenvalue weighted by molar-refractivity contribution is 5.87. The van der Waals surface area contributed by atoms with E-state index in [9.17, 15) is 9.90 Å². The zero-order valence-electron chi connectivity index (χ0n) is 8.40. The van der Waals surface area contributed by atoms with Gasteiger partial charge in [-0.25, -0.2) is 0 Å². The molecule has 4 nitrogen and oxygen atoms in total. The minimum absolute atomic E-state index is 0.0994. The van der Waals surface area contributed by atoms with Gasteiger partial charge < -0.3 is 15.4 Å². The van der Waals surface area contributed by atoms with Crippen molar-refractivity contribution in [2.24, 2.45) is 12.8 Å². The maximum Gasteiger partial charge on any atom is 0.251 e. The van der Waals surface area contributed by atoms with Crippen LogP contribution in [0.25, 0.3) is 10.9 Å². The highest BCUT2D eigenvalue weighted by Crippen LogP contribution is 2.24. The van der Waals surface area contributed by atoms with Gasteiger partial charge in [-0.05, 0) is 11.6 Å². The Hall–Kier alpha value is -1.81. The predicted octanol–water partition coefficient (Wildman–Crippen LogP) is 0.703. The quantitative estimate of drug-likeness (QED) is 0.718. The van der Waals surface area contributed by atoms with Crippen molar-refractivity contribution in [3.05, 3.63) is 40.2 Å². The van der Waals surface area contributed by atoms with E-state index in [1.807, 2.05) is 6.07 Å². The van der Waals surface area contributed by atoms with E-state index in [0.717, 1.165) is 10.9 Å². The molecule has 0 spiro atoms. The van der Waals surface area contributed by atoms with Crippen LogP contribution in [0.2, 0.25) is 0 Å². The van der Waals surface area contributed by atoms with E-state index in [-0.39, 0.29) is 17.9 Å². The Morgan fingerprint density at radius 1 is 1.47 bits per heavy atom. The van der Waals surface area contributed by atoms with Crippen molar-refractivity contribution in [2.45, 2.75) is 6.54 Å². The van der Waals surface area contributed by atoms with Gasteiger partial charge in [0.25, 0.3) is 5.56 Å². The Balaban J connectivity index is 3.03. The van der Waals surface area contributed by atoms with E-state index in [1.54, 1.807) is 19.2 Å². The molecular weight excluding hydrogens is 192 g/mol. The first-order chi connectivity index (χ1) is 7.15. The third kappa shape index (κ3) is 1.39. The third-order valence-corrected chi connectivity index (χ3v) is 2.54. The number of fused-ring (bicyclic) bond motifs is 1. The van der Waals surface area contributed by atoms with Gasteiger partial charge in [-0.1, -0.05) is 12.1 Å². The zero-order chi connectivity index (χ0) is 11.0. The number of aromatic nitrogens is 1. The second-order valence-electron chi connectivity index (χ2n) is 3.44. The van der Waals surface area contributed by atoms with E-state index < -0.39 is 0 Å². The van der Waals surface area contributed by atoms with Crippen LogP contribution >= 0.6 is 0 Å². The summed E-state index contributed by atoms with van der Waals surface area (Å²) in [5, 5.41) is 10.5. The minimum Gasteiger partial charge on any atom is -0.506 e. The molecule has 1 aromatic heterocycles. The molecule has 0 radical (unpaired) electrons. The first-order valence-corrected chi connectivity index (χ1v) is 4.66. The number of phenolic OH excluding ortho intramolecular Hbond substituents is 1. The summed E-state index contributed by atoms with van der Waals surface area (Å²) >= 11 is 0. The van der Waals surface area contributed by atoms with Crippen molar-refractivity contribution in [1.29, 1.82) is 0 Å². The lowest BCUT2D eigenvalue weighted by atomic mass is 10.1. The van der Waals surface area contributed by atoms with Gasteiger partial charge in [0.2, 0.25) is 0 Å². The number of nitrogens with zero attached hydrogens (tertiary/aromatic N) is 1. The molecule has 0 bridgehead atoms. The standard InChI is InChI=1S/C11H12N2O2/c1-13-10(15)5-7(6-12)8-3-2-4-9(14)11(8)13/h2-5,14H,6,12H2,1H3. The largest absolute Gasteiger partial charge is 0.506 e. The summed E-state index contributed by atoms with van der Waals surface area (Å²) in [7, 11) is 1.63. The summed E-state index contributed by atoms with van der Waals surface area (Å²) in [5.74, 6) is 0.0994. The van der Waals surface area contributed by atoms with Crippen molar-refractivity contribution in [3.63, 3.8) is 0 Å². The number of phenols is 1. The lowest BCUT2D eigenvalue weighted by Crippen LogP contribution is -2.18. The van der Waals surface area contributed by atoms with Crippen LogP contribution in [0.5, 0.6) is 5.75 Å². The molecule has 15 heavy (non-hydrogen) atoms. The molecule has 0 atom stereocenters. The van der Waals surface area contributed by atoms with Gasteiger partial charge in [-0.2, -0.15) is 0 Å². The number of aryl methyl sites for hydroxylation is 1. The molecule has 0 unspecified atom stereocenters. The van der Waals surface area contributed by atoms with Crippen LogP contribution in [0, 0.1) is 0 Å². The van der Waals surface area contributed by atoms with Gasteiger partial charge in [0.05, 0.1) is 5.52 Å². The first-order valence-electron chi connectivity index (χ1n) is 4.66. The molecule has 4 heteroatoms. The molecule has 0 fully saturated rings. The minimum atomic E-state index is -0.163. The Morgan fingerprint density at radius 3 is 2.87 bits per heavy atom. The van der Waals surface area contributed by atoms with Gasteiger partial charge in [0, 0.05) is 25.0 Å². The normalized spacial score (nSPS) is 10.8. The molecule has 0 aliphatic heterocycles. The molecular formula is C11H12N2O2. The molecule has 0 saturated carbocycles. The van der Waals surface area contributed by atoms with Gasteiger partial charge in [-0.15, -0.1) is 0 Å². The predicted molar refractivity (Wildman–Crippen MR) is 58.7 cm³/mol. The number of hydrogen-bond acceptors (Lipinski definition) is 3. The van der Waals surface area contributed by atoms with Crippen molar-refractivity contribution < 1.29 is 5.11 Å². The molecule has 0 amide bonds. The van der Waals surface area contributed by atoms with Crippen LogP contribution < -0.4 is 11.3 Å². The number of aromatic hydroxyl groups is 1. The molecule has 0 aliphatic carbocycles. The summed E-state index contributed by atoms with van der Waals surface area (Å²) in [6.07, 6.45) is 0. The van der Waals surface area contributed by atoms with Crippen LogP contribution in [0.1, 0.15) is 5.56 Å². The third-order valence-electron chi connectivity index (χ3n) is 2.54. The van der Waals surface area contributed by atoms with Crippen molar-refractivity contribution >= 4 is 10.9 Å². The average Bonchev–Trinajstić information content (AvgIpc) is 2.23. The fraction of sp³-hybridized carbons (Fsp3) is 0.182. The smallest absolute Gasteiger partial charge is 0.251 e. The number of pyridine rings is 1. The van der Waals surface area contributed by atoms with Gasteiger partial charge in [0.1, 0.15) is 5.75 Å². The lowest BCUT2D eigenvalue weighted by Gasteiger charge is -2.09. The number of rotatable bonds is 1. The molecule has 0 aliphatic rings. The first kappa shape index (κ1) is 9.73. The number of hydrogen-bond donors (Lipinski definition) is 2. The van der Waals surface area contributed by atoms with Gasteiger partial charge in [0.15, 0.2) is 0 Å². The highest BCUT2D eigenvalue weighted by Gasteiger charge is 2.08. The summed E-state index contributed by atoms with van der Waals surface area (Å²) in [6.45, 7) is 0.288. The topological polar surface area (TPSA) is 68.2 Å². The van der Waals surface area contributed by atoms with Crippen LogP contribution in [0.4, 0.5) is 0 Å². The Kier molecular flexibility index (Phi) is 2.21. The fourth-order valence-electron chi connectivity index (χ4n) is 1.75. The second-order valence-corrected chi connectivity index (χ2v) is 3.44. The van der Waals surface area contributed by atoms with Crippen LogP contribution in [-0.2, 0) is 13.6 Å². The highest BCUT2D eigenvalue weighted by atomic mass is 16.3. The van der Waals surface area contributed by atoms with E-state index in [2.05, 4.69) is 0 Å². The summed E-state index contributed by atoms with van der Waals surface area (Å²) in [6, 6.07) is 6.64. The average molecular weight is 204 g/mol. The SMILES string of the molecule is Cn1c(=O)cc(CN)c2cccc(O)c21. The van der Waals surface area contributed by atoms with Gasteiger partial charge in [-0.3, -0.25) is 4.79 Å². The molecule has 1 aromatic carbocycles. The molecule has 3 N–H and O–H groups in total. The Bertz CT molecular complexity index is 573. The molecule has 2 rings (SSSR count). The molecule has 1 heterocycles. The van der Waals surface area contributed by atoms with Gasteiger partial charge >= 0.3 is 0 Å². The van der Waals surface area contributed by atoms with E-state index in [4.69, 9.17) is 5.73 Å². The van der Waals surface area contributed by atoms with E-state index in [0.29, 0.717) is 5.52 Å². The van der Waals surface area contributed by atoms with E-state index in [1.165, 1.54) is 10.6 Å². The molecule has 2 aromatic rings. The Morgan fingerprint density at radius 2 is 2.20 bits per heavy atom. The number of para-hydroxylation sites is 1. The summed E-state index contributed by atoms with van der Waals surface area (Å²) in [4.78, 5) is 11.6. The molecule has 78 valence electrons. The zero-order valence-corrected chi connectivity index (χ0v) is 8.40. The summed E-state index contributed by atoms with van der Waals surface area (Å²) < 4.78 is 1.42. The number of benzene rings is 1. The van der Waals surface area contributed by atoms with Crippen LogP contribution in [0.3, 0.4) is 0 Å². The monoisotopic (exact) mass is 204 g/mol. The molecule has 0 saturated heterocycles. The Labute approximate surface area is 86.6 Å². The maximum atomic E-state index is 11.6. The van der Waals surface area contributed by atoms with Crippen LogP contribution in [0.15, 0.2) is 29.1 Å².